The molecule has 0 radical (unpaired) electrons. The van der Waals surface area contributed by atoms with Crippen molar-refractivity contribution in [1.29, 1.82) is 0 Å². The number of guanidine groups is 1. The third-order valence-corrected chi connectivity index (χ3v) is 3.67. The van der Waals surface area contributed by atoms with E-state index < -0.39 is 0 Å². The van der Waals surface area contributed by atoms with Crippen molar-refractivity contribution < 1.29 is 0 Å². The van der Waals surface area contributed by atoms with Gasteiger partial charge in [-0.3, -0.25) is 5.43 Å². The predicted octanol–water partition coefficient (Wildman–Crippen LogP) is 2.81. The van der Waals surface area contributed by atoms with Crippen molar-refractivity contribution in [2.75, 3.05) is 5.32 Å². The van der Waals surface area contributed by atoms with Crippen LogP contribution in [0.4, 0.5) is 5.69 Å². The van der Waals surface area contributed by atoms with E-state index in [1.54, 1.807) is 0 Å². The van der Waals surface area contributed by atoms with Crippen LogP contribution in [-0.2, 0) is 6.42 Å². The summed E-state index contributed by atoms with van der Waals surface area (Å²) in [6.07, 6.45) is 7.22. The van der Waals surface area contributed by atoms with Gasteiger partial charge in [0.05, 0.1) is 6.04 Å². The Morgan fingerprint density at radius 2 is 2.00 bits per heavy atom. The van der Waals surface area contributed by atoms with E-state index in [4.69, 9.17) is 10.8 Å². The molecular formula is C15H24N4. The number of para-hydroxylation sites is 1. The number of nitrogens with two attached hydrogens (primary N) is 1. The molecule has 4 N–H and O–H groups in total. The van der Waals surface area contributed by atoms with E-state index in [9.17, 15) is 0 Å². The maximum atomic E-state index is 5.59. The van der Waals surface area contributed by atoms with Gasteiger partial charge in [0, 0.05) is 5.69 Å². The second kappa shape index (κ2) is 7.14. The molecule has 0 bridgehead atoms. The number of hydrogen-bond acceptors (Lipinski definition) is 2. The Morgan fingerprint density at radius 3 is 2.68 bits per heavy atom. The number of nitrogens with one attached hydrogen (secondary N) is 2. The summed E-state index contributed by atoms with van der Waals surface area (Å²) in [4.78, 5) is 4.69. The van der Waals surface area contributed by atoms with Crippen molar-refractivity contribution in [3.05, 3.63) is 29.8 Å². The number of aryl methyl sites for hydroxylation is 1. The largest absolute Gasteiger partial charge is 0.325 e. The zero-order valence-corrected chi connectivity index (χ0v) is 11.7. The van der Waals surface area contributed by atoms with Crippen LogP contribution >= 0.6 is 0 Å². The summed E-state index contributed by atoms with van der Waals surface area (Å²) >= 11 is 0. The van der Waals surface area contributed by atoms with E-state index in [0.717, 1.165) is 12.1 Å². The first-order valence-electron chi connectivity index (χ1n) is 7.22. The Kier molecular flexibility index (Phi) is 5.21. The van der Waals surface area contributed by atoms with Gasteiger partial charge in [-0.2, -0.15) is 0 Å². The minimum Gasteiger partial charge on any atom is -0.325 e. The highest BCUT2D eigenvalue weighted by Gasteiger charge is 2.13. The lowest BCUT2D eigenvalue weighted by Gasteiger charge is -2.20. The van der Waals surface area contributed by atoms with Crippen LogP contribution in [0.15, 0.2) is 29.3 Å². The van der Waals surface area contributed by atoms with Crippen molar-refractivity contribution in [3.8, 4) is 0 Å². The lowest BCUT2D eigenvalue weighted by molar-refractivity contribution is 0.442. The first-order valence-corrected chi connectivity index (χ1v) is 7.22. The third-order valence-electron chi connectivity index (χ3n) is 3.67. The smallest absolute Gasteiger partial charge is 0.210 e. The molecule has 0 saturated heterocycles. The van der Waals surface area contributed by atoms with E-state index in [1.165, 1.54) is 37.7 Å². The monoisotopic (exact) mass is 260 g/mol. The highest BCUT2D eigenvalue weighted by Crippen LogP contribution is 2.21. The molecule has 0 unspecified atom stereocenters. The average molecular weight is 260 g/mol. The van der Waals surface area contributed by atoms with Gasteiger partial charge in [-0.05, 0) is 30.9 Å². The standard InChI is InChI=1S/C15H24N4/c1-2-12-8-6-7-11-14(12)18-15(19-16)17-13-9-4-3-5-10-13/h6-8,11,13H,2-5,9-10,16H2,1H3,(H2,17,18,19). The molecule has 1 aromatic rings. The lowest BCUT2D eigenvalue weighted by atomic mass is 9.96. The van der Waals surface area contributed by atoms with Crippen LogP contribution in [0.5, 0.6) is 0 Å². The molecule has 4 heteroatoms. The van der Waals surface area contributed by atoms with Crippen LogP contribution in [0.1, 0.15) is 44.6 Å². The maximum Gasteiger partial charge on any atom is 0.210 e. The minimum atomic E-state index is 0.404. The Hall–Kier alpha value is -1.55. The molecule has 0 spiro atoms. The minimum absolute atomic E-state index is 0.404. The molecule has 0 atom stereocenters. The predicted molar refractivity (Wildman–Crippen MR) is 81.1 cm³/mol. The van der Waals surface area contributed by atoms with Crippen LogP contribution in [0.25, 0.3) is 0 Å². The first-order chi connectivity index (χ1) is 9.33. The molecule has 0 heterocycles. The van der Waals surface area contributed by atoms with E-state index in [-0.39, 0.29) is 0 Å². The van der Waals surface area contributed by atoms with Gasteiger partial charge in [-0.25, -0.2) is 10.8 Å². The average Bonchev–Trinajstić information content (AvgIpc) is 2.48. The summed E-state index contributed by atoms with van der Waals surface area (Å²) in [5, 5.41) is 3.31. The van der Waals surface area contributed by atoms with Crippen LogP contribution < -0.4 is 16.6 Å². The lowest BCUT2D eigenvalue weighted by Crippen LogP contribution is -2.37. The SMILES string of the molecule is CCc1ccccc1NC(=NC1CCCCC1)NN. The Labute approximate surface area is 115 Å². The molecule has 4 nitrogen and oxygen atoms in total. The molecule has 1 fully saturated rings. The number of aliphatic imine (C=N–C) groups is 1. The number of anilines is 1. The van der Waals surface area contributed by atoms with Gasteiger partial charge in [0.1, 0.15) is 0 Å². The molecule has 1 aliphatic carbocycles. The van der Waals surface area contributed by atoms with E-state index in [1.807, 2.05) is 6.07 Å². The normalized spacial score (nSPS) is 17.3. The molecule has 0 aromatic heterocycles. The maximum absolute atomic E-state index is 5.59. The fourth-order valence-corrected chi connectivity index (χ4v) is 2.58. The highest BCUT2D eigenvalue weighted by atomic mass is 15.3. The van der Waals surface area contributed by atoms with Gasteiger partial charge < -0.3 is 5.32 Å². The molecular weight excluding hydrogens is 236 g/mol. The number of rotatable bonds is 3. The quantitative estimate of drug-likeness (QED) is 0.339. The molecule has 0 amide bonds. The van der Waals surface area contributed by atoms with E-state index >= 15 is 0 Å². The summed E-state index contributed by atoms with van der Waals surface area (Å²) in [6, 6.07) is 8.67. The van der Waals surface area contributed by atoms with Crippen molar-refractivity contribution in [2.45, 2.75) is 51.5 Å². The first kappa shape index (κ1) is 13.9. The number of hydrazine groups is 1. The molecule has 104 valence electrons. The van der Waals surface area contributed by atoms with E-state index in [2.05, 4.69) is 35.9 Å². The highest BCUT2D eigenvalue weighted by molar-refractivity contribution is 5.94. The van der Waals surface area contributed by atoms with Crippen molar-refractivity contribution in [2.24, 2.45) is 10.8 Å². The summed E-state index contributed by atoms with van der Waals surface area (Å²) in [5.41, 5.74) is 5.04. The molecule has 2 rings (SSSR count). The van der Waals surface area contributed by atoms with Crippen LogP contribution in [0, 0.1) is 0 Å². The zero-order valence-electron chi connectivity index (χ0n) is 11.7. The Morgan fingerprint density at radius 1 is 1.26 bits per heavy atom. The second-order valence-corrected chi connectivity index (χ2v) is 5.05. The van der Waals surface area contributed by atoms with Gasteiger partial charge in [0.2, 0.25) is 5.96 Å². The van der Waals surface area contributed by atoms with Gasteiger partial charge >= 0.3 is 0 Å². The van der Waals surface area contributed by atoms with Crippen LogP contribution in [0.2, 0.25) is 0 Å². The van der Waals surface area contributed by atoms with Crippen LogP contribution in [0.3, 0.4) is 0 Å². The summed E-state index contributed by atoms with van der Waals surface area (Å²) in [7, 11) is 0. The third kappa shape index (κ3) is 3.96. The van der Waals surface area contributed by atoms with E-state index in [0.29, 0.717) is 12.0 Å². The molecule has 1 aromatic carbocycles. The van der Waals surface area contributed by atoms with Crippen LogP contribution in [-0.4, -0.2) is 12.0 Å². The van der Waals surface area contributed by atoms with Crippen molar-refractivity contribution >= 4 is 11.6 Å². The van der Waals surface area contributed by atoms with Gasteiger partial charge in [0.15, 0.2) is 0 Å². The Bertz CT molecular complexity index is 422. The number of hydrogen-bond donors (Lipinski definition) is 3. The molecule has 1 aliphatic rings. The van der Waals surface area contributed by atoms with Gasteiger partial charge in [-0.1, -0.05) is 44.4 Å². The number of benzene rings is 1. The summed E-state index contributed by atoms with van der Waals surface area (Å²) in [6.45, 7) is 2.15. The molecule has 1 saturated carbocycles. The van der Waals surface area contributed by atoms with Gasteiger partial charge in [0.25, 0.3) is 0 Å². The summed E-state index contributed by atoms with van der Waals surface area (Å²) < 4.78 is 0. The fraction of sp³-hybridized carbons (Fsp3) is 0.533. The van der Waals surface area contributed by atoms with Gasteiger partial charge in [-0.15, -0.1) is 0 Å². The summed E-state index contributed by atoms with van der Waals surface area (Å²) in [5.74, 6) is 6.26. The topological polar surface area (TPSA) is 62.4 Å². The number of nitrogens with zero attached hydrogens (tertiary/aromatic N) is 1. The zero-order chi connectivity index (χ0) is 13.5. The molecule has 0 aliphatic heterocycles. The Balaban J connectivity index is 2.07. The van der Waals surface area contributed by atoms with Crippen molar-refractivity contribution in [1.82, 2.24) is 5.43 Å². The molecule has 19 heavy (non-hydrogen) atoms. The fourth-order valence-electron chi connectivity index (χ4n) is 2.58. The van der Waals surface area contributed by atoms with Crippen molar-refractivity contribution in [3.63, 3.8) is 0 Å². The second-order valence-electron chi connectivity index (χ2n) is 5.05.